The molecule has 0 aliphatic carbocycles. The van der Waals surface area contributed by atoms with E-state index in [9.17, 15) is 4.79 Å². The normalized spacial score (nSPS) is 12.2. The van der Waals surface area contributed by atoms with Crippen molar-refractivity contribution in [3.8, 4) is 0 Å². The summed E-state index contributed by atoms with van der Waals surface area (Å²) in [6.45, 7) is 2.50. The molecule has 26 heavy (non-hydrogen) atoms. The van der Waals surface area contributed by atoms with Crippen LogP contribution in [0.5, 0.6) is 0 Å². The van der Waals surface area contributed by atoms with Gasteiger partial charge in [0.05, 0.1) is 12.6 Å². The number of H-pyrrole nitrogens is 1. The van der Waals surface area contributed by atoms with Crippen LogP contribution in [0.4, 0.5) is 5.82 Å². The van der Waals surface area contributed by atoms with E-state index >= 15 is 0 Å². The average molecular weight is 346 g/mol. The Morgan fingerprint density at radius 2 is 1.77 bits per heavy atom. The van der Waals surface area contributed by atoms with Crippen molar-refractivity contribution in [2.45, 2.75) is 19.5 Å². The fourth-order valence-electron chi connectivity index (χ4n) is 2.91. The third kappa shape index (κ3) is 3.06. The maximum atomic E-state index is 12.3. The highest BCUT2D eigenvalue weighted by Crippen LogP contribution is 2.21. The lowest BCUT2D eigenvalue weighted by atomic mass is 10.1. The highest BCUT2D eigenvalue weighted by atomic mass is 16.1. The molecule has 2 N–H and O–H groups in total. The average Bonchev–Trinajstić information content (AvgIpc) is 3.10. The number of aromatic amines is 1. The van der Waals surface area contributed by atoms with Gasteiger partial charge in [-0.25, -0.2) is 9.78 Å². The van der Waals surface area contributed by atoms with Gasteiger partial charge >= 0.3 is 0 Å². The molecule has 2 aromatic heterocycles. The van der Waals surface area contributed by atoms with Gasteiger partial charge in [-0.1, -0.05) is 65.9 Å². The van der Waals surface area contributed by atoms with Crippen molar-refractivity contribution in [1.82, 2.24) is 25.2 Å². The number of fused-ring (bicyclic) bond motifs is 1. The molecule has 0 amide bonds. The third-order valence-electron chi connectivity index (χ3n) is 4.27. The molecule has 0 radical (unpaired) electrons. The predicted octanol–water partition coefficient (Wildman–Crippen LogP) is 2.74. The van der Waals surface area contributed by atoms with E-state index in [0.717, 1.165) is 11.1 Å². The van der Waals surface area contributed by atoms with Crippen molar-refractivity contribution in [2.75, 3.05) is 5.32 Å². The van der Waals surface area contributed by atoms with Crippen LogP contribution in [0.3, 0.4) is 0 Å². The Hall–Kier alpha value is -3.48. The zero-order valence-electron chi connectivity index (χ0n) is 14.3. The van der Waals surface area contributed by atoms with E-state index in [1.165, 1.54) is 0 Å². The number of hydrogen-bond donors (Lipinski definition) is 2. The standard InChI is InChI=1S/C19H18N6O/c1-13(15-10-6-3-7-11-15)20-18-16-17(19(26)23-22-18)25(24-21-16)12-14-8-4-2-5-9-14/h2-11,13H,12H2,1H3,(H,20,22)(H,23,26). The first-order chi connectivity index (χ1) is 12.7. The van der Waals surface area contributed by atoms with Crippen LogP contribution in [-0.2, 0) is 6.54 Å². The Morgan fingerprint density at radius 3 is 2.50 bits per heavy atom. The molecule has 0 fully saturated rings. The molecule has 1 atom stereocenters. The number of aromatic nitrogens is 5. The minimum atomic E-state index is -0.307. The van der Waals surface area contributed by atoms with Crippen molar-refractivity contribution < 1.29 is 0 Å². The van der Waals surface area contributed by atoms with Gasteiger partial charge in [0.15, 0.2) is 16.9 Å². The van der Waals surface area contributed by atoms with Crippen LogP contribution in [0.1, 0.15) is 24.1 Å². The summed E-state index contributed by atoms with van der Waals surface area (Å²) >= 11 is 0. The molecule has 2 heterocycles. The van der Waals surface area contributed by atoms with Crippen LogP contribution in [0.25, 0.3) is 11.0 Å². The SMILES string of the molecule is CC(Nc1n[nH]c(=O)c2c1nnn2Cc1ccccc1)c1ccccc1. The molecule has 1 unspecified atom stereocenters. The van der Waals surface area contributed by atoms with E-state index < -0.39 is 0 Å². The first kappa shape index (κ1) is 16.0. The minimum absolute atomic E-state index is 0.0112. The summed E-state index contributed by atoms with van der Waals surface area (Å²) in [6.07, 6.45) is 0. The van der Waals surface area contributed by atoms with Crippen LogP contribution in [0.15, 0.2) is 65.5 Å². The smallest absolute Gasteiger partial charge is 0.292 e. The maximum absolute atomic E-state index is 12.3. The Kier molecular flexibility index (Phi) is 4.18. The van der Waals surface area contributed by atoms with E-state index in [1.54, 1.807) is 4.68 Å². The molecule has 0 saturated heterocycles. The topological polar surface area (TPSA) is 88.5 Å². The van der Waals surface area contributed by atoms with Crippen LogP contribution < -0.4 is 10.9 Å². The molecular weight excluding hydrogens is 328 g/mol. The van der Waals surface area contributed by atoms with Gasteiger partial charge in [0.2, 0.25) is 0 Å². The summed E-state index contributed by atoms with van der Waals surface area (Å²) in [5.74, 6) is 0.510. The quantitative estimate of drug-likeness (QED) is 0.580. The van der Waals surface area contributed by atoms with Gasteiger partial charge in [-0.3, -0.25) is 4.79 Å². The van der Waals surface area contributed by atoms with Gasteiger partial charge in [0.1, 0.15) is 0 Å². The zero-order valence-corrected chi connectivity index (χ0v) is 14.3. The number of nitrogens with one attached hydrogen (secondary N) is 2. The highest BCUT2D eigenvalue weighted by Gasteiger charge is 2.16. The molecular formula is C19H18N6O. The first-order valence-corrected chi connectivity index (χ1v) is 8.39. The number of hydrogen-bond acceptors (Lipinski definition) is 5. The summed E-state index contributed by atoms with van der Waals surface area (Å²) in [5, 5.41) is 18.3. The van der Waals surface area contributed by atoms with Gasteiger partial charge in [0.25, 0.3) is 5.56 Å². The third-order valence-corrected chi connectivity index (χ3v) is 4.27. The molecule has 4 rings (SSSR count). The second kappa shape index (κ2) is 6.79. The first-order valence-electron chi connectivity index (χ1n) is 8.39. The molecule has 7 nitrogen and oxygen atoms in total. The minimum Gasteiger partial charge on any atom is -0.360 e. The predicted molar refractivity (Wildman–Crippen MR) is 100.0 cm³/mol. The molecule has 0 aliphatic rings. The Balaban J connectivity index is 1.69. The summed E-state index contributed by atoms with van der Waals surface area (Å²) < 4.78 is 1.60. The van der Waals surface area contributed by atoms with E-state index in [0.29, 0.717) is 23.4 Å². The van der Waals surface area contributed by atoms with Crippen molar-refractivity contribution in [3.05, 3.63) is 82.1 Å². The summed E-state index contributed by atoms with van der Waals surface area (Å²) in [5.41, 5.74) is 2.73. The second-order valence-corrected chi connectivity index (χ2v) is 6.11. The molecule has 0 spiro atoms. The molecule has 7 heteroatoms. The van der Waals surface area contributed by atoms with Crippen LogP contribution >= 0.6 is 0 Å². The summed E-state index contributed by atoms with van der Waals surface area (Å²) in [4.78, 5) is 12.3. The molecule has 4 aromatic rings. The molecule has 2 aromatic carbocycles. The Morgan fingerprint density at radius 1 is 1.08 bits per heavy atom. The Bertz CT molecular complexity index is 1070. The van der Waals surface area contributed by atoms with Crippen molar-refractivity contribution >= 4 is 16.9 Å². The number of benzene rings is 2. The summed E-state index contributed by atoms with van der Waals surface area (Å²) in [7, 11) is 0. The lowest BCUT2D eigenvalue weighted by Crippen LogP contribution is -2.17. The van der Waals surface area contributed by atoms with Crippen LogP contribution in [0, 0.1) is 0 Å². The second-order valence-electron chi connectivity index (χ2n) is 6.11. The monoisotopic (exact) mass is 346 g/mol. The molecule has 0 bridgehead atoms. The van der Waals surface area contributed by atoms with Crippen molar-refractivity contribution in [2.24, 2.45) is 0 Å². The lowest BCUT2D eigenvalue weighted by molar-refractivity contribution is 0.667. The highest BCUT2D eigenvalue weighted by molar-refractivity contribution is 5.84. The Labute approximate surface area is 149 Å². The van der Waals surface area contributed by atoms with E-state index in [-0.39, 0.29) is 11.6 Å². The zero-order chi connectivity index (χ0) is 17.9. The molecule has 0 aliphatic heterocycles. The maximum Gasteiger partial charge on any atom is 0.292 e. The van der Waals surface area contributed by atoms with Gasteiger partial charge in [0, 0.05) is 0 Å². The largest absolute Gasteiger partial charge is 0.360 e. The van der Waals surface area contributed by atoms with Crippen molar-refractivity contribution in [1.29, 1.82) is 0 Å². The fourth-order valence-corrected chi connectivity index (χ4v) is 2.91. The number of nitrogens with zero attached hydrogens (tertiary/aromatic N) is 4. The van der Waals surface area contributed by atoms with E-state index in [4.69, 9.17) is 0 Å². The van der Waals surface area contributed by atoms with Gasteiger partial charge in [-0.05, 0) is 18.1 Å². The van der Waals surface area contributed by atoms with Gasteiger partial charge in [-0.15, -0.1) is 5.10 Å². The van der Waals surface area contributed by atoms with Crippen LogP contribution in [-0.4, -0.2) is 25.2 Å². The number of anilines is 1. The molecule has 0 saturated carbocycles. The lowest BCUT2D eigenvalue weighted by Gasteiger charge is -2.14. The fraction of sp³-hybridized carbons (Fsp3) is 0.158. The van der Waals surface area contributed by atoms with Crippen molar-refractivity contribution in [3.63, 3.8) is 0 Å². The van der Waals surface area contributed by atoms with Gasteiger partial charge < -0.3 is 5.32 Å². The van der Waals surface area contributed by atoms with E-state index in [1.807, 2.05) is 67.6 Å². The summed E-state index contributed by atoms with van der Waals surface area (Å²) in [6, 6.07) is 19.9. The van der Waals surface area contributed by atoms with Gasteiger partial charge in [-0.2, -0.15) is 5.10 Å². The molecule has 130 valence electrons. The van der Waals surface area contributed by atoms with E-state index in [2.05, 4.69) is 25.8 Å². The number of rotatable bonds is 5. The van der Waals surface area contributed by atoms with Crippen LogP contribution in [0.2, 0.25) is 0 Å².